The predicted molar refractivity (Wildman–Crippen MR) is 60.9 cm³/mol. The SMILES string of the molecule is C[C@H](C(=O)O)N1C=NC2C1C(=O)N(C)C(=O)N2C. The van der Waals surface area contributed by atoms with Crippen LogP contribution in [0.3, 0.4) is 0 Å². The van der Waals surface area contributed by atoms with Gasteiger partial charge in [-0.3, -0.25) is 9.69 Å². The van der Waals surface area contributed by atoms with E-state index in [9.17, 15) is 14.4 Å². The second-order valence-corrected chi connectivity index (χ2v) is 4.38. The monoisotopic (exact) mass is 254 g/mol. The highest BCUT2D eigenvalue weighted by Crippen LogP contribution is 2.25. The molecule has 1 saturated heterocycles. The second-order valence-electron chi connectivity index (χ2n) is 4.38. The van der Waals surface area contributed by atoms with Crippen molar-refractivity contribution >= 4 is 24.2 Å². The van der Waals surface area contributed by atoms with Gasteiger partial charge in [0.15, 0.2) is 12.2 Å². The fourth-order valence-corrected chi connectivity index (χ4v) is 2.13. The number of aliphatic carboxylic acids is 1. The summed E-state index contributed by atoms with van der Waals surface area (Å²) in [5, 5.41) is 8.99. The molecule has 8 heteroatoms. The van der Waals surface area contributed by atoms with E-state index >= 15 is 0 Å². The van der Waals surface area contributed by atoms with E-state index in [1.165, 1.54) is 37.2 Å². The molecule has 8 nitrogen and oxygen atoms in total. The molecule has 98 valence electrons. The zero-order valence-electron chi connectivity index (χ0n) is 10.3. The Labute approximate surface area is 103 Å². The first kappa shape index (κ1) is 12.3. The Bertz CT molecular complexity index is 449. The third-order valence-electron chi connectivity index (χ3n) is 3.33. The normalized spacial score (nSPS) is 28.7. The van der Waals surface area contributed by atoms with Crippen LogP contribution in [0.4, 0.5) is 4.79 Å². The lowest BCUT2D eigenvalue weighted by atomic mass is 10.1. The molecule has 0 spiro atoms. The molecule has 0 aromatic heterocycles. The van der Waals surface area contributed by atoms with Gasteiger partial charge in [0.05, 0.1) is 6.34 Å². The molecule has 2 heterocycles. The zero-order chi connectivity index (χ0) is 13.6. The van der Waals surface area contributed by atoms with E-state index in [2.05, 4.69) is 4.99 Å². The molecule has 0 radical (unpaired) electrons. The standard InChI is InChI=1S/C10H14N4O4/c1-5(9(16)17)14-4-11-7-6(14)8(15)13(3)10(18)12(7)2/h4-7H,1-3H3,(H,16,17)/t5-,6?,7?/m1/s1. The quantitative estimate of drug-likeness (QED) is 0.683. The Hall–Kier alpha value is -2.12. The van der Waals surface area contributed by atoms with Crippen molar-refractivity contribution in [1.82, 2.24) is 14.7 Å². The Morgan fingerprint density at radius 2 is 2.06 bits per heavy atom. The molecule has 2 aliphatic heterocycles. The second kappa shape index (κ2) is 3.97. The number of carbonyl (C=O) groups is 3. The largest absolute Gasteiger partial charge is 0.480 e. The number of aliphatic imine (C=N–C) groups is 1. The average molecular weight is 254 g/mol. The zero-order valence-corrected chi connectivity index (χ0v) is 10.3. The van der Waals surface area contributed by atoms with E-state index in [0.717, 1.165) is 4.90 Å². The molecular weight excluding hydrogens is 240 g/mol. The summed E-state index contributed by atoms with van der Waals surface area (Å²) in [6.45, 7) is 1.47. The summed E-state index contributed by atoms with van der Waals surface area (Å²) in [7, 11) is 2.91. The van der Waals surface area contributed by atoms with Gasteiger partial charge in [0.1, 0.15) is 6.04 Å². The number of carbonyl (C=O) groups excluding carboxylic acids is 2. The number of imide groups is 1. The van der Waals surface area contributed by atoms with Crippen LogP contribution < -0.4 is 0 Å². The Kier molecular flexibility index (Phi) is 2.72. The molecule has 18 heavy (non-hydrogen) atoms. The molecule has 0 saturated carbocycles. The number of hydrogen-bond acceptors (Lipinski definition) is 5. The van der Waals surface area contributed by atoms with E-state index in [1.54, 1.807) is 0 Å². The van der Waals surface area contributed by atoms with E-state index < -0.39 is 36.2 Å². The Morgan fingerprint density at radius 3 is 2.61 bits per heavy atom. The van der Waals surface area contributed by atoms with Crippen LogP contribution in [-0.2, 0) is 9.59 Å². The van der Waals surface area contributed by atoms with E-state index in [-0.39, 0.29) is 0 Å². The molecule has 0 aromatic rings. The molecule has 2 unspecified atom stereocenters. The van der Waals surface area contributed by atoms with Crippen LogP contribution in [-0.4, -0.2) is 76.4 Å². The van der Waals surface area contributed by atoms with Gasteiger partial charge in [0, 0.05) is 14.1 Å². The van der Waals surface area contributed by atoms with Crippen LogP contribution >= 0.6 is 0 Å². The summed E-state index contributed by atoms with van der Waals surface area (Å²) in [5.74, 6) is -1.48. The van der Waals surface area contributed by atoms with Crippen molar-refractivity contribution in [3.8, 4) is 0 Å². The molecule has 3 amide bonds. The minimum Gasteiger partial charge on any atom is -0.480 e. The lowest BCUT2D eigenvalue weighted by Gasteiger charge is -2.40. The number of amides is 3. The van der Waals surface area contributed by atoms with Crippen molar-refractivity contribution in [3.63, 3.8) is 0 Å². The number of carboxylic acids is 1. The van der Waals surface area contributed by atoms with Gasteiger partial charge in [-0.15, -0.1) is 0 Å². The third kappa shape index (κ3) is 1.52. The molecule has 0 bridgehead atoms. The number of urea groups is 1. The number of hydrogen-bond donors (Lipinski definition) is 1. The van der Waals surface area contributed by atoms with Crippen LogP contribution in [0.2, 0.25) is 0 Å². The topological polar surface area (TPSA) is 93.5 Å². The Morgan fingerprint density at radius 1 is 1.44 bits per heavy atom. The maximum absolute atomic E-state index is 12.1. The third-order valence-corrected chi connectivity index (χ3v) is 3.33. The highest BCUT2D eigenvalue weighted by Gasteiger charge is 2.50. The van der Waals surface area contributed by atoms with Crippen molar-refractivity contribution in [2.75, 3.05) is 14.1 Å². The average Bonchev–Trinajstić information content (AvgIpc) is 2.77. The van der Waals surface area contributed by atoms with E-state index in [0.29, 0.717) is 0 Å². The Balaban J connectivity index is 2.32. The van der Waals surface area contributed by atoms with Crippen molar-refractivity contribution in [3.05, 3.63) is 0 Å². The molecule has 0 aliphatic carbocycles. The van der Waals surface area contributed by atoms with Gasteiger partial charge in [-0.1, -0.05) is 0 Å². The van der Waals surface area contributed by atoms with E-state index in [4.69, 9.17) is 5.11 Å². The first-order valence-electron chi connectivity index (χ1n) is 5.44. The first-order chi connectivity index (χ1) is 8.36. The van der Waals surface area contributed by atoms with Crippen molar-refractivity contribution in [2.24, 2.45) is 4.99 Å². The van der Waals surface area contributed by atoms with Crippen LogP contribution in [0, 0.1) is 0 Å². The van der Waals surface area contributed by atoms with Crippen LogP contribution in [0.5, 0.6) is 0 Å². The van der Waals surface area contributed by atoms with Gasteiger partial charge in [0.2, 0.25) is 0 Å². The highest BCUT2D eigenvalue weighted by molar-refractivity contribution is 6.02. The number of likely N-dealkylation sites (N-methyl/N-ethyl adjacent to an activating group) is 2. The number of carboxylic acid groups (broad SMARTS) is 1. The van der Waals surface area contributed by atoms with Gasteiger partial charge >= 0.3 is 12.0 Å². The van der Waals surface area contributed by atoms with Crippen LogP contribution in [0.25, 0.3) is 0 Å². The van der Waals surface area contributed by atoms with Crippen molar-refractivity contribution < 1.29 is 19.5 Å². The smallest absolute Gasteiger partial charge is 0.328 e. The molecule has 2 aliphatic rings. The van der Waals surface area contributed by atoms with Gasteiger partial charge in [-0.05, 0) is 6.92 Å². The first-order valence-corrected chi connectivity index (χ1v) is 5.44. The van der Waals surface area contributed by atoms with E-state index in [1.807, 2.05) is 0 Å². The fraction of sp³-hybridized carbons (Fsp3) is 0.600. The van der Waals surface area contributed by atoms with Crippen LogP contribution in [0.1, 0.15) is 6.92 Å². The summed E-state index contributed by atoms with van der Waals surface area (Å²) in [6.07, 6.45) is 0.678. The van der Waals surface area contributed by atoms with Gasteiger partial charge in [-0.25, -0.2) is 14.6 Å². The van der Waals surface area contributed by atoms with Gasteiger partial charge < -0.3 is 14.9 Å². The van der Waals surface area contributed by atoms with Crippen LogP contribution in [0.15, 0.2) is 4.99 Å². The summed E-state index contributed by atoms with van der Waals surface area (Å²) in [4.78, 5) is 42.5. The highest BCUT2D eigenvalue weighted by atomic mass is 16.4. The summed E-state index contributed by atoms with van der Waals surface area (Å²) in [6, 6.07) is -2.07. The summed E-state index contributed by atoms with van der Waals surface area (Å²) >= 11 is 0. The number of nitrogens with zero attached hydrogens (tertiary/aromatic N) is 4. The van der Waals surface area contributed by atoms with Crippen molar-refractivity contribution in [2.45, 2.75) is 25.2 Å². The lowest BCUT2D eigenvalue weighted by molar-refractivity contribution is -0.144. The van der Waals surface area contributed by atoms with Crippen molar-refractivity contribution in [1.29, 1.82) is 0 Å². The summed E-state index contributed by atoms with van der Waals surface area (Å²) in [5.41, 5.74) is 0. The molecule has 0 aromatic carbocycles. The summed E-state index contributed by atoms with van der Waals surface area (Å²) < 4.78 is 0. The predicted octanol–water partition coefficient (Wildman–Crippen LogP) is -0.978. The molecule has 2 rings (SSSR count). The molecule has 1 N–H and O–H groups in total. The maximum atomic E-state index is 12.1. The minimum atomic E-state index is -1.04. The lowest BCUT2D eigenvalue weighted by Crippen LogP contribution is -2.65. The fourth-order valence-electron chi connectivity index (χ4n) is 2.13. The molecule has 3 atom stereocenters. The number of fused-ring (bicyclic) bond motifs is 1. The minimum absolute atomic E-state index is 0.436. The molecule has 1 fully saturated rings. The number of rotatable bonds is 2. The van der Waals surface area contributed by atoms with Gasteiger partial charge in [-0.2, -0.15) is 0 Å². The molecular formula is C10H14N4O4. The van der Waals surface area contributed by atoms with Gasteiger partial charge in [0.25, 0.3) is 5.91 Å². The maximum Gasteiger partial charge on any atom is 0.328 e.